The lowest BCUT2D eigenvalue weighted by Crippen LogP contribution is -2.28. The van der Waals surface area contributed by atoms with Gasteiger partial charge in [0.2, 0.25) is 15.8 Å². The molecule has 3 rings (SSSR count). The molecule has 0 amide bonds. The summed E-state index contributed by atoms with van der Waals surface area (Å²) in [5.74, 6) is -1.03. The number of hydrogen-bond acceptors (Lipinski definition) is 7. The molecule has 0 atom stereocenters. The summed E-state index contributed by atoms with van der Waals surface area (Å²) in [5.41, 5.74) is 0.0934. The van der Waals surface area contributed by atoms with Crippen LogP contribution in [0.4, 0.5) is 5.69 Å². The second kappa shape index (κ2) is 8.80. The first-order valence-corrected chi connectivity index (χ1v) is 10.9. The van der Waals surface area contributed by atoms with Gasteiger partial charge in [-0.2, -0.15) is 4.31 Å². The van der Waals surface area contributed by atoms with Gasteiger partial charge in [-0.15, -0.1) is 0 Å². The average molecular weight is 434 g/mol. The first-order valence-electron chi connectivity index (χ1n) is 9.48. The number of benzene rings is 2. The third kappa shape index (κ3) is 4.44. The van der Waals surface area contributed by atoms with Crippen molar-refractivity contribution in [3.8, 4) is 11.5 Å². The maximum absolute atomic E-state index is 13.3. The Bertz CT molecular complexity index is 1060. The van der Waals surface area contributed by atoms with E-state index in [0.29, 0.717) is 25.9 Å². The number of hydrogen-bond donors (Lipinski definition) is 0. The predicted molar refractivity (Wildman–Crippen MR) is 108 cm³/mol. The minimum Gasteiger partial charge on any atom is -0.462 e. The van der Waals surface area contributed by atoms with Crippen molar-refractivity contribution in [1.82, 2.24) is 4.31 Å². The van der Waals surface area contributed by atoms with Gasteiger partial charge in [0.1, 0.15) is 10.6 Å². The van der Waals surface area contributed by atoms with Crippen LogP contribution >= 0.6 is 0 Å². The van der Waals surface area contributed by atoms with Crippen LogP contribution in [-0.2, 0) is 14.8 Å². The van der Waals surface area contributed by atoms with Crippen molar-refractivity contribution in [2.45, 2.75) is 31.6 Å². The van der Waals surface area contributed by atoms with E-state index in [4.69, 9.17) is 9.47 Å². The van der Waals surface area contributed by atoms with E-state index in [1.54, 1.807) is 31.2 Å². The monoisotopic (exact) mass is 434 g/mol. The lowest BCUT2D eigenvalue weighted by atomic mass is 10.2. The molecule has 30 heavy (non-hydrogen) atoms. The van der Waals surface area contributed by atoms with Gasteiger partial charge in [0.05, 0.1) is 17.1 Å². The molecular formula is C20H22N2O7S. The number of carbonyl (C=O) groups is 1. The van der Waals surface area contributed by atoms with Crippen LogP contribution < -0.4 is 4.74 Å². The fraction of sp³-hybridized carbons (Fsp3) is 0.350. The largest absolute Gasteiger partial charge is 0.462 e. The molecule has 1 aliphatic rings. The summed E-state index contributed by atoms with van der Waals surface area (Å²) in [5, 5.41) is 11.8. The zero-order chi connectivity index (χ0) is 21.9. The summed E-state index contributed by atoms with van der Waals surface area (Å²) < 4.78 is 38.4. The van der Waals surface area contributed by atoms with E-state index in [1.165, 1.54) is 4.31 Å². The quantitative estimate of drug-likeness (QED) is 0.371. The molecule has 0 N–H and O–H groups in total. The van der Waals surface area contributed by atoms with Crippen molar-refractivity contribution in [2.75, 3.05) is 19.7 Å². The van der Waals surface area contributed by atoms with Crippen LogP contribution in [0.2, 0.25) is 0 Å². The van der Waals surface area contributed by atoms with Gasteiger partial charge in [0.15, 0.2) is 0 Å². The number of nitrogens with zero attached hydrogens (tertiary/aromatic N) is 2. The number of sulfonamides is 1. The fourth-order valence-electron chi connectivity index (χ4n) is 3.14. The van der Waals surface area contributed by atoms with Crippen molar-refractivity contribution in [1.29, 1.82) is 0 Å². The first-order chi connectivity index (χ1) is 14.2. The highest BCUT2D eigenvalue weighted by Crippen LogP contribution is 2.40. The molecule has 1 aliphatic heterocycles. The minimum atomic E-state index is -4.13. The predicted octanol–water partition coefficient (Wildman–Crippen LogP) is 3.66. The van der Waals surface area contributed by atoms with E-state index >= 15 is 0 Å². The molecule has 0 unspecified atom stereocenters. The molecule has 0 aliphatic carbocycles. The van der Waals surface area contributed by atoms with E-state index in [0.717, 1.165) is 17.7 Å². The first kappa shape index (κ1) is 21.7. The molecule has 0 radical (unpaired) electrons. The molecule has 10 heteroatoms. The Labute approximate surface area is 174 Å². The number of esters is 1. The standard InChI is InChI=1S/C20H22N2O7S/c1-3-28-20(23)15-12-17(22(24)25)19(29-16-8-6-14(2)7-9-16)18(13-15)30(26,27)21-10-4-5-11-21/h6-9,12-13H,3-5,10-11H2,1-2H3. The average Bonchev–Trinajstić information content (AvgIpc) is 3.25. The Kier molecular flexibility index (Phi) is 6.37. The van der Waals surface area contributed by atoms with Crippen molar-refractivity contribution in [3.63, 3.8) is 0 Å². The van der Waals surface area contributed by atoms with Crippen LogP contribution in [0.3, 0.4) is 0 Å². The Hall–Kier alpha value is -2.98. The molecule has 0 saturated carbocycles. The second-order valence-corrected chi connectivity index (χ2v) is 8.73. The van der Waals surface area contributed by atoms with Gasteiger partial charge in [0, 0.05) is 19.2 Å². The van der Waals surface area contributed by atoms with Gasteiger partial charge in [-0.25, -0.2) is 13.2 Å². The number of nitro benzene ring substituents is 1. The topological polar surface area (TPSA) is 116 Å². The van der Waals surface area contributed by atoms with Gasteiger partial charge < -0.3 is 9.47 Å². The highest BCUT2D eigenvalue weighted by molar-refractivity contribution is 7.89. The van der Waals surface area contributed by atoms with E-state index < -0.39 is 37.2 Å². The molecule has 1 heterocycles. The molecule has 1 fully saturated rings. The van der Waals surface area contributed by atoms with Gasteiger partial charge in [-0.05, 0) is 44.9 Å². The Morgan fingerprint density at radius 1 is 1.17 bits per heavy atom. The van der Waals surface area contributed by atoms with Gasteiger partial charge >= 0.3 is 11.7 Å². The molecule has 2 aromatic rings. The smallest absolute Gasteiger partial charge is 0.338 e. The third-order valence-corrected chi connectivity index (χ3v) is 6.57. The summed E-state index contributed by atoms with van der Waals surface area (Å²) in [6, 6.07) is 8.72. The Morgan fingerprint density at radius 2 is 1.80 bits per heavy atom. The molecule has 1 saturated heterocycles. The SMILES string of the molecule is CCOC(=O)c1cc([N+](=O)[O-])c(Oc2ccc(C)cc2)c(S(=O)(=O)N2CCCC2)c1. The Morgan fingerprint density at radius 3 is 2.37 bits per heavy atom. The van der Waals surface area contributed by atoms with Crippen LogP contribution in [-0.4, -0.2) is 43.3 Å². The van der Waals surface area contributed by atoms with Crippen LogP contribution in [0.1, 0.15) is 35.7 Å². The van der Waals surface area contributed by atoms with Gasteiger partial charge in [-0.1, -0.05) is 17.7 Å². The number of rotatable bonds is 7. The van der Waals surface area contributed by atoms with E-state index in [9.17, 15) is 23.3 Å². The number of aryl methyl sites for hydroxylation is 1. The molecular weight excluding hydrogens is 412 g/mol. The molecule has 2 aromatic carbocycles. The second-order valence-electron chi connectivity index (χ2n) is 6.83. The molecule has 0 bridgehead atoms. The van der Waals surface area contributed by atoms with Crippen molar-refractivity contribution in [3.05, 3.63) is 57.6 Å². The lowest BCUT2D eigenvalue weighted by molar-refractivity contribution is -0.385. The number of nitro groups is 1. The van der Waals surface area contributed by atoms with Gasteiger partial charge in [-0.3, -0.25) is 10.1 Å². The van der Waals surface area contributed by atoms with Crippen LogP contribution in [0.15, 0.2) is 41.3 Å². The summed E-state index contributed by atoms with van der Waals surface area (Å²) in [4.78, 5) is 22.8. The zero-order valence-electron chi connectivity index (χ0n) is 16.7. The number of carbonyl (C=O) groups excluding carboxylic acids is 1. The van der Waals surface area contributed by atoms with Crippen molar-refractivity contribution < 1.29 is 27.6 Å². The lowest BCUT2D eigenvalue weighted by Gasteiger charge is -2.19. The van der Waals surface area contributed by atoms with Crippen LogP contribution in [0.5, 0.6) is 11.5 Å². The molecule has 0 spiro atoms. The minimum absolute atomic E-state index is 0.0441. The summed E-state index contributed by atoms with van der Waals surface area (Å²) >= 11 is 0. The summed E-state index contributed by atoms with van der Waals surface area (Å²) in [6.45, 7) is 4.09. The van der Waals surface area contributed by atoms with Gasteiger partial charge in [0.25, 0.3) is 0 Å². The van der Waals surface area contributed by atoms with Crippen molar-refractivity contribution >= 4 is 21.7 Å². The fourth-order valence-corrected chi connectivity index (χ4v) is 4.81. The molecule has 160 valence electrons. The highest BCUT2D eigenvalue weighted by Gasteiger charge is 2.36. The van der Waals surface area contributed by atoms with Crippen molar-refractivity contribution in [2.24, 2.45) is 0 Å². The van der Waals surface area contributed by atoms with E-state index in [2.05, 4.69) is 0 Å². The van der Waals surface area contributed by atoms with Crippen LogP contribution in [0, 0.1) is 17.0 Å². The summed E-state index contributed by atoms with van der Waals surface area (Å²) in [7, 11) is -4.13. The maximum Gasteiger partial charge on any atom is 0.338 e. The third-order valence-electron chi connectivity index (χ3n) is 4.67. The Balaban J connectivity index is 2.21. The molecule has 9 nitrogen and oxygen atoms in total. The summed E-state index contributed by atoms with van der Waals surface area (Å²) in [6.07, 6.45) is 1.38. The normalized spacial score (nSPS) is 14.5. The maximum atomic E-state index is 13.3. The highest BCUT2D eigenvalue weighted by atomic mass is 32.2. The zero-order valence-corrected chi connectivity index (χ0v) is 17.5. The van der Waals surface area contributed by atoms with Crippen LogP contribution in [0.25, 0.3) is 0 Å². The van der Waals surface area contributed by atoms with E-state index in [1.807, 2.05) is 6.92 Å². The molecule has 0 aromatic heterocycles. The van der Waals surface area contributed by atoms with E-state index in [-0.39, 0.29) is 17.9 Å². The number of ether oxygens (including phenoxy) is 2.